The van der Waals surface area contributed by atoms with Crippen LogP contribution in [0, 0.1) is 6.92 Å². The second-order valence-electron chi connectivity index (χ2n) is 7.20. The van der Waals surface area contributed by atoms with Crippen LogP contribution in [0.15, 0.2) is 24.7 Å². The molecule has 1 atom stereocenters. The van der Waals surface area contributed by atoms with Crippen LogP contribution in [0.2, 0.25) is 0 Å². The summed E-state index contributed by atoms with van der Waals surface area (Å²) in [4.78, 5) is 23.1. The normalized spacial score (nSPS) is 21.6. The molecule has 0 radical (unpaired) electrons. The van der Waals surface area contributed by atoms with Gasteiger partial charge in [-0.25, -0.2) is 9.97 Å². The lowest BCUT2D eigenvalue weighted by molar-refractivity contribution is 0.196. The molecule has 4 heterocycles. The Bertz CT molecular complexity index is 713. The van der Waals surface area contributed by atoms with E-state index in [0.717, 1.165) is 55.8 Å². The molecule has 0 saturated carbocycles. The Morgan fingerprint density at radius 3 is 2.80 bits per heavy atom. The molecule has 25 heavy (non-hydrogen) atoms. The van der Waals surface area contributed by atoms with E-state index in [2.05, 4.69) is 30.8 Å². The average Bonchev–Trinajstić information content (AvgIpc) is 3.17. The first-order chi connectivity index (χ1) is 12.3. The molecule has 1 unspecified atom stereocenters. The number of nitrogens with zero attached hydrogens (tertiary/aromatic N) is 6. The number of rotatable bonds is 4. The van der Waals surface area contributed by atoms with Gasteiger partial charge in [0.05, 0.1) is 17.1 Å². The third-order valence-corrected chi connectivity index (χ3v) is 5.17. The van der Waals surface area contributed by atoms with E-state index < -0.39 is 0 Å². The molecule has 132 valence electrons. The van der Waals surface area contributed by atoms with E-state index in [0.29, 0.717) is 5.92 Å². The highest BCUT2D eigenvalue weighted by molar-refractivity contribution is 5.31. The summed E-state index contributed by atoms with van der Waals surface area (Å²) >= 11 is 0. The summed E-state index contributed by atoms with van der Waals surface area (Å²) in [6, 6.07) is 2.05. The van der Waals surface area contributed by atoms with Gasteiger partial charge in [-0.15, -0.1) is 0 Å². The van der Waals surface area contributed by atoms with Crippen molar-refractivity contribution in [2.75, 3.05) is 31.1 Å². The first-order valence-electron chi connectivity index (χ1n) is 9.36. The fraction of sp³-hybridized carbons (Fsp3) is 0.579. The van der Waals surface area contributed by atoms with E-state index in [1.807, 2.05) is 25.5 Å². The zero-order valence-corrected chi connectivity index (χ0v) is 14.9. The van der Waals surface area contributed by atoms with Gasteiger partial charge < -0.3 is 4.90 Å². The number of anilines is 1. The molecule has 2 aliphatic heterocycles. The summed E-state index contributed by atoms with van der Waals surface area (Å²) in [5.74, 6) is 1.37. The van der Waals surface area contributed by atoms with Crippen molar-refractivity contribution in [3.8, 4) is 0 Å². The molecule has 0 amide bonds. The van der Waals surface area contributed by atoms with Gasteiger partial charge in [-0.05, 0) is 45.2 Å². The third-order valence-electron chi connectivity index (χ3n) is 5.17. The Kier molecular flexibility index (Phi) is 4.88. The lowest BCUT2D eigenvalue weighted by atomic mass is 9.95. The van der Waals surface area contributed by atoms with Crippen LogP contribution in [0.4, 0.5) is 5.95 Å². The van der Waals surface area contributed by atoms with Crippen molar-refractivity contribution >= 4 is 5.95 Å². The molecule has 2 aromatic rings. The summed E-state index contributed by atoms with van der Waals surface area (Å²) in [5, 5.41) is 0. The Labute approximate surface area is 149 Å². The monoisotopic (exact) mass is 338 g/mol. The minimum atomic E-state index is 0.473. The van der Waals surface area contributed by atoms with Gasteiger partial charge in [-0.1, -0.05) is 0 Å². The first-order valence-corrected chi connectivity index (χ1v) is 9.36. The number of piperidine rings is 1. The van der Waals surface area contributed by atoms with Crippen LogP contribution in [0.25, 0.3) is 0 Å². The van der Waals surface area contributed by atoms with Gasteiger partial charge in [-0.2, -0.15) is 0 Å². The van der Waals surface area contributed by atoms with E-state index >= 15 is 0 Å². The Morgan fingerprint density at radius 1 is 1.08 bits per heavy atom. The lowest BCUT2D eigenvalue weighted by Gasteiger charge is -2.32. The van der Waals surface area contributed by atoms with Crippen molar-refractivity contribution in [1.82, 2.24) is 24.8 Å². The molecule has 0 N–H and O–H groups in total. The molecular weight excluding hydrogens is 312 g/mol. The Hall–Kier alpha value is -2.08. The molecule has 0 aromatic carbocycles. The van der Waals surface area contributed by atoms with Crippen LogP contribution in [-0.4, -0.2) is 51.0 Å². The largest absolute Gasteiger partial charge is 0.341 e. The topological polar surface area (TPSA) is 58.0 Å². The van der Waals surface area contributed by atoms with E-state index in [4.69, 9.17) is 4.98 Å². The average molecular weight is 338 g/mol. The summed E-state index contributed by atoms with van der Waals surface area (Å²) in [6.45, 7) is 7.22. The second kappa shape index (κ2) is 7.44. The van der Waals surface area contributed by atoms with Crippen LogP contribution >= 0.6 is 0 Å². The lowest BCUT2D eigenvalue weighted by Crippen LogP contribution is -2.34. The predicted octanol–water partition coefficient (Wildman–Crippen LogP) is 2.55. The Morgan fingerprint density at radius 2 is 1.96 bits per heavy atom. The smallest absolute Gasteiger partial charge is 0.225 e. The van der Waals surface area contributed by atoms with E-state index in [1.165, 1.54) is 25.7 Å². The van der Waals surface area contributed by atoms with E-state index in [9.17, 15) is 0 Å². The molecule has 0 aliphatic carbocycles. The standard InChI is InChI=1S/C19H26N6/c1-15-11-20-12-18(22-15)16-5-4-8-24(13-16)14-17-6-7-21-19(23-17)25-9-2-3-10-25/h6-7,11-12,16H,2-5,8-10,13-14H2,1H3. The predicted molar refractivity (Wildman–Crippen MR) is 97.5 cm³/mol. The SMILES string of the molecule is Cc1cncc(C2CCCN(Cc3ccnc(N4CCCC4)n3)C2)n1. The van der Waals surface area contributed by atoms with Crippen molar-refractivity contribution in [1.29, 1.82) is 0 Å². The highest BCUT2D eigenvalue weighted by Crippen LogP contribution is 2.26. The fourth-order valence-corrected chi connectivity index (χ4v) is 3.89. The number of hydrogen-bond acceptors (Lipinski definition) is 6. The summed E-state index contributed by atoms with van der Waals surface area (Å²) in [6.07, 6.45) is 10.5. The molecule has 2 saturated heterocycles. The molecule has 0 bridgehead atoms. The molecule has 2 aromatic heterocycles. The van der Waals surface area contributed by atoms with Crippen LogP contribution in [-0.2, 0) is 6.54 Å². The maximum absolute atomic E-state index is 4.81. The highest BCUT2D eigenvalue weighted by atomic mass is 15.3. The summed E-state index contributed by atoms with van der Waals surface area (Å²) < 4.78 is 0. The van der Waals surface area contributed by atoms with Crippen molar-refractivity contribution in [3.63, 3.8) is 0 Å². The zero-order chi connectivity index (χ0) is 17.1. The highest BCUT2D eigenvalue weighted by Gasteiger charge is 2.23. The van der Waals surface area contributed by atoms with Crippen LogP contribution in [0.5, 0.6) is 0 Å². The minimum Gasteiger partial charge on any atom is -0.341 e. The van der Waals surface area contributed by atoms with Crippen molar-refractivity contribution in [2.45, 2.75) is 45.1 Å². The molecule has 2 aliphatic rings. The first kappa shape index (κ1) is 16.4. The minimum absolute atomic E-state index is 0.473. The number of aryl methyl sites for hydroxylation is 1. The summed E-state index contributed by atoms with van der Waals surface area (Å²) in [5.41, 5.74) is 3.25. The van der Waals surface area contributed by atoms with Crippen molar-refractivity contribution < 1.29 is 0 Å². The number of hydrogen-bond donors (Lipinski definition) is 0. The van der Waals surface area contributed by atoms with Gasteiger partial charge in [0.25, 0.3) is 0 Å². The number of aromatic nitrogens is 4. The molecular formula is C19H26N6. The maximum Gasteiger partial charge on any atom is 0.225 e. The van der Waals surface area contributed by atoms with Gasteiger partial charge in [0, 0.05) is 50.7 Å². The second-order valence-corrected chi connectivity index (χ2v) is 7.20. The molecule has 6 heteroatoms. The van der Waals surface area contributed by atoms with E-state index in [-0.39, 0.29) is 0 Å². The van der Waals surface area contributed by atoms with Gasteiger partial charge in [0.2, 0.25) is 5.95 Å². The zero-order valence-electron chi connectivity index (χ0n) is 14.9. The fourth-order valence-electron chi connectivity index (χ4n) is 3.89. The van der Waals surface area contributed by atoms with Crippen LogP contribution < -0.4 is 4.90 Å². The summed E-state index contributed by atoms with van der Waals surface area (Å²) in [7, 11) is 0. The van der Waals surface area contributed by atoms with Crippen LogP contribution in [0.3, 0.4) is 0 Å². The molecule has 6 nitrogen and oxygen atoms in total. The van der Waals surface area contributed by atoms with E-state index in [1.54, 1.807) is 0 Å². The molecule has 4 rings (SSSR count). The third kappa shape index (κ3) is 3.95. The quantitative estimate of drug-likeness (QED) is 0.854. The van der Waals surface area contributed by atoms with Crippen molar-refractivity contribution in [3.05, 3.63) is 41.7 Å². The van der Waals surface area contributed by atoms with Gasteiger partial charge in [-0.3, -0.25) is 14.9 Å². The molecule has 2 fully saturated rings. The Balaban J connectivity index is 1.43. The van der Waals surface area contributed by atoms with Crippen molar-refractivity contribution in [2.24, 2.45) is 0 Å². The van der Waals surface area contributed by atoms with Gasteiger partial charge in [0.15, 0.2) is 0 Å². The van der Waals surface area contributed by atoms with Gasteiger partial charge in [0.1, 0.15) is 0 Å². The van der Waals surface area contributed by atoms with Gasteiger partial charge >= 0.3 is 0 Å². The number of likely N-dealkylation sites (tertiary alicyclic amines) is 1. The maximum atomic E-state index is 4.81. The van der Waals surface area contributed by atoms with Crippen LogP contribution in [0.1, 0.15) is 48.7 Å². The molecule has 0 spiro atoms.